The molecule has 0 aliphatic rings. The van der Waals surface area contributed by atoms with E-state index in [1.54, 1.807) is 6.20 Å². The van der Waals surface area contributed by atoms with Crippen LogP contribution in [0.4, 0.5) is 0 Å². The summed E-state index contributed by atoms with van der Waals surface area (Å²) >= 11 is 0. The molecule has 3 N–H and O–H groups in total. The van der Waals surface area contributed by atoms with Crippen LogP contribution >= 0.6 is 0 Å². The number of carbonyl (C=O) groups is 1. The quantitative estimate of drug-likeness (QED) is 0.547. The van der Waals surface area contributed by atoms with E-state index in [2.05, 4.69) is 5.32 Å². The van der Waals surface area contributed by atoms with Crippen molar-refractivity contribution in [2.24, 2.45) is 5.73 Å². The lowest BCUT2D eigenvalue weighted by Crippen LogP contribution is -2.31. The molecule has 3 nitrogen and oxygen atoms in total. The summed E-state index contributed by atoms with van der Waals surface area (Å²) in [7, 11) is 0. The van der Waals surface area contributed by atoms with Gasteiger partial charge in [-0.3, -0.25) is 4.79 Å². The first-order valence-corrected chi connectivity index (χ1v) is 3.15. The van der Waals surface area contributed by atoms with Crippen molar-refractivity contribution >= 4 is 5.91 Å². The maximum atomic E-state index is 10.2. The zero-order valence-corrected chi connectivity index (χ0v) is 6.64. The third kappa shape index (κ3) is 7.01. The van der Waals surface area contributed by atoms with Gasteiger partial charge in [0.1, 0.15) is 0 Å². The number of hydrogen-bond donors (Lipinski definition) is 2. The summed E-state index contributed by atoms with van der Waals surface area (Å²) in [4.78, 5) is 10.2. The average Bonchev–Trinajstić information content (AvgIpc) is 1.59. The van der Waals surface area contributed by atoms with Crippen molar-refractivity contribution in [3.8, 4) is 0 Å². The largest absolute Gasteiger partial charge is 0.386 e. The first kappa shape index (κ1) is 9.01. The Morgan fingerprint density at radius 1 is 1.50 bits per heavy atom. The Morgan fingerprint density at radius 2 is 2.00 bits per heavy atom. The lowest BCUT2D eigenvalue weighted by atomic mass is 10.1. The maximum Gasteiger partial charge on any atom is 0.242 e. The number of amides is 1. The lowest BCUT2D eigenvalue weighted by Gasteiger charge is -2.17. The van der Waals surface area contributed by atoms with Crippen molar-refractivity contribution in [3.05, 3.63) is 12.3 Å². The van der Waals surface area contributed by atoms with Crippen LogP contribution in [-0.2, 0) is 4.79 Å². The van der Waals surface area contributed by atoms with Crippen LogP contribution in [0.1, 0.15) is 20.8 Å². The average molecular weight is 142 g/mol. The molecule has 0 radical (unpaired) electrons. The molecule has 0 saturated heterocycles. The third-order valence-corrected chi connectivity index (χ3v) is 0.764. The van der Waals surface area contributed by atoms with Crippen LogP contribution in [0.5, 0.6) is 0 Å². The number of carbonyl (C=O) groups excluding carboxylic acids is 1. The molecule has 0 spiro atoms. The molecule has 0 heterocycles. The Kier molecular flexibility index (Phi) is 2.93. The second-order valence-corrected chi connectivity index (χ2v) is 3.13. The van der Waals surface area contributed by atoms with Gasteiger partial charge in [-0.15, -0.1) is 0 Å². The highest BCUT2D eigenvalue weighted by atomic mass is 16.1. The summed E-state index contributed by atoms with van der Waals surface area (Å²) in [6.45, 7) is 6.00. The summed E-state index contributed by atoms with van der Waals surface area (Å²) < 4.78 is 0. The van der Waals surface area contributed by atoms with Gasteiger partial charge >= 0.3 is 0 Å². The van der Waals surface area contributed by atoms with Crippen molar-refractivity contribution in [3.63, 3.8) is 0 Å². The predicted octanol–water partition coefficient (Wildman–Crippen LogP) is 0.373. The van der Waals surface area contributed by atoms with E-state index in [-0.39, 0.29) is 5.54 Å². The van der Waals surface area contributed by atoms with Gasteiger partial charge in [0.15, 0.2) is 0 Å². The predicted molar refractivity (Wildman–Crippen MR) is 41.2 cm³/mol. The molecule has 0 bridgehead atoms. The minimum atomic E-state index is -0.434. The van der Waals surface area contributed by atoms with E-state index < -0.39 is 5.91 Å². The molecule has 1 amide bonds. The van der Waals surface area contributed by atoms with E-state index in [0.29, 0.717) is 0 Å². The molecule has 0 saturated carbocycles. The van der Waals surface area contributed by atoms with Crippen molar-refractivity contribution in [1.29, 1.82) is 0 Å². The fourth-order valence-electron chi connectivity index (χ4n) is 0.374. The number of primary amides is 1. The van der Waals surface area contributed by atoms with Gasteiger partial charge in [0.25, 0.3) is 0 Å². The molecular weight excluding hydrogens is 128 g/mol. The van der Waals surface area contributed by atoms with Crippen LogP contribution in [0.2, 0.25) is 0 Å². The van der Waals surface area contributed by atoms with Crippen LogP contribution in [0.15, 0.2) is 12.3 Å². The third-order valence-electron chi connectivity index (χ3n) is 0.764. The fourth-order valence-corrected chi connectivity index (χ4v) is 0.374. The molecule has 0 fully saturated rings. The molecule has 0 aromatic rings. The Hall–Kier alpha value is -0.990. The Morgan fingerprint density at radius 3 is 2.30 bits per heavy atom. The zero-order chi connectivity index (χ0) is 8.20. The molecule has 0 aliphatic heterocycles. The fraction of sp³-hybridized carbons (Fsp3) is 0.571. The number of nitrogens with two attached hydrogens (primary N) is 1. The van der Waals surface area contributed by atoms with Crippen molar-refractivity contribution < 1.29 is 4.79 Å². The van der Waals surface area contributed by atoms with Crippen LogP contribution in [0.25, 0.3) is 0 Å². The Balaban J connectivity index is 3.64. The highest BCUT2D eigenvalue weighted by molar-refractivity contribution is 5.85. The molecule has 0 aliphatic carbocycles. The monoisotopic (exact) mass is 142 g/mol. The van der Waals surface area contributed by atoms with Gasteiger partial charge in [-0.2, -0.15) is 0 Å². The SMILES string of the molecule is CC(C)(C)NC=CC(N)=O. The van der Waals surface area contributed by atoms with Gasteiger partial charge in [0.2, 0.25) is 5.91 Å². The maximum absolute atomic E-state index is 10.2. The summed E-state index contributed by atoms with van der Waals surface area (Å²) in [5.74, 6) is -0.434. The zero-order valence-electron chi connectivity index (χ0n) is 6.64. The molecule has 10 heavy (non-hydrogen) atoms. The van der Waals surface area contributed by atoms with Crippen molar-refractivity contribution in [2.75, 3.05) is 0 Å². The minimum absolute atomic E-state index is 0.00799. The molecule has 0 rings (SSSR count). The molecule has 0 aromatic carbocycles. The second-order valence-electron chi connectivity index (χ2n) is 3.13. The highest BCUT2D eigenvalue weighted by Crippen LogP contribution is 1.96. The van der Waals surface area contributed by atoms with E-state index >= 15 is 0 Å². The Bertz CT molecular complexity index is 144. The van der Waals surface area contributed by atoms with E-state index in [1.165, 1.54) is 6.08 Å². The van der Waals surface area contributed by atoms with Crippen molar-refractivity contribution in [2.45, 2.75) is 26.3 Å². The smallest absolute Gasteiger partial charge is 0.242 e. The first-order chi connectivity index (χ1) is 4.42. The van der Waals surface area contributed by atoms with Gasteiger partial charge in [0.05, 0.1) is 0 Å². The number of rotatable bonds is 2. The molecule has 0 unspecified atom stereocenters. The minimum Gasteiger partial charge on any atom is -0.386 e. The van der Waals surface area contributed by atoms with Gasteiger partial charge in [0, 0.05) is 17.8 Å². The van der Waals surface area contributed by atoms with Gasteiger partial charge < -0.3 is 11.1 Å². The molecule has 0 aromatic heterocycles. The normalized spacial score (nSPS) is 11.9. The van der Waals surface area contributed by atoms with Crippen LogP contribution in [0, 0.1) is 0 Å². The second kappa shape index (κ2) is 3.25. The summed E-state index contributed by atoms with van der Waals surface area (Å²) in [6.07, 6.45) is 2.85. The van der Waals surface area contributed by atoms with E-state index in [9.17, 15) is 4.79 Å². The van der Waals surface area contributed by atoms with Gasteiger partial charge in [-0.05, 0) is 20.8 Å². The molecule has 0 atom stereocenters. The first-order valence-electron chi connectivity index (χ1n) is 3.15. The standard InChI is InChI=1S/C7H14N2O/c1-7(2,3)9-5-4-6(8)10/h4-5,9H,1-3H3,(H2,8,10). The van der Waals surface area contributed by atoms with Crippen LogP contribution in [0.3, 0.4) is 0 Å². The van der Waals surface area contributed by atoms with Crippen LogP contribution < -0.4 is 11.1 Å². The Labute approximate surface area is 61.3 Å². The number of nitrogens with one attached hydrogen (secondary N) is 1. The molecule has 3 heteroatoms. The summed E-state index contributed by atoms with van der Waals surface area (Å²) in [6, 6.07) is 0. The van der Waals surface area contributed by atoms with Gasteiger partial charge in [-0.25, -0.2) is 0 Å². The van der Waals surface area contributed by atoms with E-state index in [4.69, 9.17) is 5.73 Å². The summed E-state index contributed by atoms with van der Waals surface area (Å²) in [5.41, 5.74) is 4.85. The van der Waals surface area contributed by atoms with Crippen LogP contribution in [-0.4, -0.2) is 11.4 Å². The van der Waals surface area contributed by atoms with Crippen molar-refractivity contribution in [1.82, 2.24) is 5.32 Å². The van der Waals surface area contributed by atoms with E-state index in [0.717, 1.165) is 0 Å². The topological polar surface area (TPSA) is 55.1 Å². The summed E-state index contributed by atoms with van der Waals surface area (Å²) in [5, 5.41) is 2.97. The number of hydrogen-bond acceptors (Lipinski definition) is 2. The molecular formula is C7H14N2O. The molecule has 58 valence electrons. The van der Waals surface area contributed by atoms with Gasteiger partial charge in [-0.1, -0.05) is 0 Å². The lowest BCUT2D eigenvalue weighted by molar-refractivity contribution is -0.113. The van der Waals surface area contributed by atoms with E-state index in [1.807, 2.05) is 20.8 Å². The highest BCUT2D eigenvalue weighted by Gasteiger charge is 2.04.